The van der Waals surface area contributed by atoms with Gasteiger partial charge >= 0.3 is 5.69 Å². The summed E-state index contributed by atoms with van der Waals surface area (Å²) in [6.07, 6.45) is 0. The molecular formula is C7H6N4O6. The minimum Gasteiger partial charge on any atom is -0.258 e. The first-order valence-electron chi connectivity index (χ1n) is 4.17. The SMILES string of the molecule is Cc1cc([N+](=O)[O-])cc([N+](=O)[O-])c1N[N+](=O)[O-]. The van der Waals surface area contributed by atoms with Crippen molar-refractivity contribution in [3.8, 4) is 0 Å². The highest BCUT2D eigenvalue weighted by Gasteiger charge is 2.24. The summed E-state index contributed by atoms with van der Waals surface area (Å²) in [6, 6.07) is 1.68. The molecule has 0 heterocycles. The summed E-state index contributed by atoms with van der Waals surface area (Å²) >= 11 is 0. The van der Waals surface area contributed by atoms with Gasteiger partial charge in [-0.3, -0.25) is 20.2 Å². The van der Waals surface area contributed by atoms with E-state index in [1.165, 1.54) is 6.92 Å². The van der Waals surface area contributed by atoms with Gasteiger partial charge < -0.3 is 0 Å². The average molecular weight is 242 g/mol. The van der Waals surface area contributed by atoms with Gasteiger partial charge in [-0.15, -0.1) is 5.43 Å². The maximum atomic E-state index is 10.7. The topological polar surface area (TPSA) is 141 Å². The molecule has 0 saturated carbocycles. The van der Waals surface area contributed by atoms with Gasteiger partial charge in [0.25, 0.3) is 5.69 Å². The Morgan fingerprint density at radius 1 is 1.06 bits per heavy atom. The number of nitro benzene ring substituents is 2. The summed E-state index contributed by atoms with van der Waals surface area (Å²) in [6.45, 7) is 1.30. The Balaban J connectivity index is 3.43. The number of benzene rings is 1. The van der Waals surface area contributed by atoms with Crippen molar-refractivity contribution < 1.29 is 14.9 Å². The van der Waals surface area contributed by atoms with Gasteiger partial charge in [0, 0.05) is 6.07 Å². The Kier molecular flexibility index (Phi) is 3.17. The zero-order valence-electron chi connectivity index (χ0n) is 8.45. The maximum Gasteiger partial charge on any atom is 0.305 e. The van der Waals surface area contributed by atoms with E-state index in [1.807, 2.05) is 0 Å². The van der Waals surface area contributed by atoms with Crippen molar-refractivity contribution in [2.75, 3.05) is 5.43 Å². The van der Waals surface area contributed by atoms with Gasteiger partial charge in [0.15, 0.2) is 10.7 Å². The van der Waals surface area contributed by atoms with Crippen LogP contribution in [-0.4, -0.2) is 14.9 Å². The number of hydrogen-bond acceptors (Lipinski definition) is 6. The number of anilines is 1. The van der Waals surface area contributed by atoms with E-state index >= 15 is 0 Å². The molecule has 1 N–H and O–H groups in total. The molecular weight excluding hydrogens is 236 g/mol. The number of nitro groups is 3. The van der Waals surface area contributed by atoms with E-state index in [1.54, 1.807) is 5.43 Å². The Morgan fingerprint density at radius 3 is 2.06 bits per heavy atom. The highest BCUT2D eigenvalue weighted by atomic mass is 16.7. The molecule has 17 heavy (non-hydrogen) atoms. The first kappa shape index (κ1) is 12.3. The molecule has 90 valence electrons. The zero-order chi connectivity index (χ0) is 13.2. The van der Waals surface area contributed by atoms with Gasteiger partial charge in [-0.1, -0.05) is 0 Å². The molecule has 0 fully saturated rings. The summed E-state index contributed by atoms with van der Waals surface area (Å²) in [5, 5.41) is 30.4. The minimum absolute atomic E-state index is 0.0441. The largest absolute Gasteiger partial charge is 0.305 e. The summed E-state index contributed by atoms with van der Waals surface area (Å²) in [7, 11) is 0. The zero-order valence-corrected chi connectivity index (χ0v) is 8.45. The Morgan fingerprint density at radius 2 is 1.65 bits per heavy atom. The van der Waals surface area contributed by atoms with E-state index in [9.17, 15) is 30.3 Å². The maximum absolute atomic E-state index is 10.7. The molecule has 0 bridgehead atoms. The van der Waals surface area contributed by atoms with E-state index in [-0.39, 0.29) is 11.3 Å². The molecule has 0 saturated heterocycles. The van der Waals surface area contributed by atoms with Crippen LogP contribution in [0.4, 0.5) is 17.1 Å². The molecule has 0 aliphatic heterocycles. The van der Waals surface area contributed by atoms with Gasteiger partial charge in [-0.25, -0.2) is 10.1 Å². The van der Waals surface area contributed by atoms with Crippen molar-refractivity contribution in [1.29, 1.82) is 0 Å². The third-order valence-electron chi connectivity index (χ3n) is 1.91. The van der Waals surface area contributed by atoms with Crippen LogP contribution < -0.4 is 5.43 Å². The number of rotatable bonds is 4. The Labute approximate surface area is 93.3 Å². The van der Waals surface area contributed by atoms with Crippen LogP contribution in [0.5, 0.6) is 0 Å². The minimum atomic E-state index is -0.971. The first-order chi connectivity index (χ1) is 7.82. The van der Waals surface area contributed by atoms with Crippen molar-refractivity contribution >= 4 is 17.1 Å². The van der Waals surface area contributed by atoms with E-state index in [0.717, 1.165) is 6.07 Å². The molecule has 0 spiro atoms. The van der Waals surface area contributed by atoms with E-state index in [0.29, 0.717) is 6.07 Å². The van der Waals surface area contributed by atoms with Crippen LogP contribution in [0.25, 0.3) is 0 Å². The molecule has 0 aromatic heterocycles. The summed E-state index contributed by atoms with van der Waals surface area (Å²) in [4.78, 5) is 29.7. The summed E-state index contributed by atoms with van der Waals surface area (Å²) < 4.78 is 0. The second kappa shape index (κ2) is 4.38. The van der Waals surface area contributed by atoms with E-state index in [4.69, 9.17) is 0 Å². The first-order valence-corrected chi connectivity index (χ1v) is 4.17. The van der Waals surface area contributed by atoms with Gasteiger partial charge in [-0.2, -0.15) is 0 Å². The molecule has 0 atom stereocenters. The highest BCUT2D eigenvalue weighted by Crippen LogP contribution is 2.32. The summed E-state index contributed by atoms with van der Waals surface area (Å²) in [5.41, 5.74) is 0.110. The van der Waals surface area contributed by atoms with Crippen LogP contribution >= 0.6 is 0 Å². The molecule has 10 nitrogen and oxygen atoms in total. The fourth-order valence-electron chi connectivity index (χ4n) is 1.24. The van der Waals surface area contributed by atoms with Crippen molar-refractivity contribution in [2.24, 2.45) is 0 Å². The van der Waals surface area contributed by atoms with Crippen LogP contribution in [0.3, 0.4) is 0 Å². The Bertz CT molecular complexity index is 513. The fraction of sp³-hybridized carbons (Fsp3) is 0.143. The van der Waals surface area contributed by atoms with Gasteiger partial charge in [0.1, 0.15) is 0 Å². The van der Waals surface area contributed by atoms with Crippen molar-refractivity contribution in [2.45, 2.75) is 6.92 Å². The molecule has 0 aliphatic rings. The lowest BCUT2D eigenvalue weighted by atomic mass is 10.1. The van der Waals surface area contributed by atoms with E-state index < -0.39 is 26.3 Å². The third kappa shape index (κ3) is 2.62. The lowest BCUT2D eigenvalue weighted by molar-refractivity contribution is -0.447. The number of nitrogens with zero attached hydrogens (tertiary/aromatic N) is 3. The van der Waals surface area contributed by atoms with Crippen LogP contribution in [-0.2, 0) is 0 Å². The number of hydrazine groups is 1. The van der Waals surface area contributed by atoms with Gasteiger partial charge in [-0.05, 0) is 12.5 Å². The van der Waals surface area contributed by atoms with E-state index in [2.05, 4.69) is 0 Å². The number of aryl methyl sites for hydroxylation is 1. The predicted octanol–water partition coefficient (Wildman–Crippen LogP) is 1.42. The molecule has 0 unspecified atom stereocenters. The monoisotopic (exact) mass is 242 g/mol. The average Bonchev–Trinajstić information content (AvgIpc) is 2.19. The van der Waals surface area contributed by atoms with Crippen molar-refractivity contribution in [3.63, 3.8) is 0 Å². The number of non-ortho nitro benzene ring substituents is 1. The molecule has 0 amide bonds. The number of nitrogens with one attached hydrogen (secondary N) is 1. The smallest absolute Gasteiger partial charge is 0.258 e. The van der Waals surface area contributed by atoms with Gasteiger partial charge in [0.2, 0.25) is 0 Å². The highest BCUT2D eigenvalue weighted by molar-refractivity contribution is 5.68. The fourth-order valence-corrected chi connectivity index (χ4v) is 1.24. The normalized spacial score (nSPS) is 9.71. The van der Waals surface area contributed by atoms with Gasteiger partial charge in [0.05, 0.1) is 15.9 Å². The van der Waals surface area contributed by atoms with Crippen molar-refractivity contribution in [1.82, 2.24) is 0 Å². The van der Waals surface area contributed by atoms with Crippen LogP contribution in [0.1, 0.15) is 5.56 Å². The van der Waals surface area contributed by atoms with Crippen LogP contribution in [0.15, 0.2) is 12.1 Å². The standard InChI is InChI=1S/C7H6N4O6/c1-4-2-5(9(12)13)3-6(10(14)15)7(4)8-11(16)17/h2-3,8H,1H3. The molecule has 0 radical (unpaired) electrons. The molecule has 1 rings (SSSR count). The van der Waals surface area contributed by atoms with Crippen LogP contribution in [0, 0.1) is 37.3 Å². The second-order valence-electron chi connectivity index (χ2n) is 3.04. The lowest BCUT2D eigenvalue weighted by Crippen LogP contribution is -2.11. The molecule has 0 aliphatic carbocycles. The molecule has 1 aromatic carbocycles. The number of hydrogen-bond donors (Lipinski definition) is 1. The summed E-state index contributed by atoms with van der Waals surface area (Å²) in [5.74, 6) is 0. The third-order valence-corrected chi connectivity index (χ3v) is 1.91. The van der Waals surface area contributed by atoms with Crippen molar-refractivity contribution in [3.05, 3.63) is 48.0 Å². The molecule has 10 heteroatoms. The second-order valence-corrected chi connectivity index (χ2v) is 3.04. The Hall–Kier alpha value is -2.78. The predicted molar refractivity (Wildman–Crippen MR) is 55.1 cm³/mol. The lowest BCUT2D eigenvalue weighted by Gasteiger charge is -2.03. The van der Waals surface area contributed by atoms with Crippen LogP contribution in [0.2, 0.25) is 0 Å². The quantitative estimate of drug-likeness (QED) is 0.621. The molecule has 1 aromatic rings.